The maximum atomic E-state index is 12.4. The Kier molecular flexibility index (Phi) is 8.05. The molecule has 1 N–H and O–H groups in total. The van der Waals surface area contributed by atoms with Crippen molar-refractivity contribution in [3.63, 3.8) is 0 Å². The summed E-state index contributed by atoms with van der Waals surface area (Å²) in [5.74, 6) is 1.75. The molecule has 4 rings (SSSR count). The molecule has 0 aliphatic heterocycles. The number of ether oxygens (including phenoxy) is 2. The minimum absolute atomic E-state index is 0.135. The highest BCUT2D eigenvalue weighted by molar-refractivity contribution is 7.99. The zero-order valence-electron chi connectivity index (χ0n) is 19.9. The van der Waals surface area contributed by atoms with E-state index in [2.05, 4.69) is 21.6 Å². The van der Waals surface area contributed by atoms with Gasteiger partial charge in [0.2, 0.25) is 11.8 Å². The summed E-state index contributed by atoms with van der Waals surface area (Å²) in [7, 11) is 1.60. The van der Waals surface area contributed by atoms with Gasteiger partial charge < -0.3 is 19.2 Å². The highest BCUT2D eigenvalue weighted by Crippen LogP contribution is 2.29. The minimum atomic E-state index is -0.135. The van der Waals surface area contributed by atoms with E-state index >= 15 is 0 Å². The molecule has 0 bridgehead atoms. The first-order chi connectivity index (χ1) is 17.0. The molecule has 180 valence electrons. The van der Waals surface area contributed by atoms with Gasteiger partial charge in [-0.25, -0.2) is 0 Å². The molecule has 8 heteroatoms. The lowest BCUT2D eigenvalue weighted by Crippen LogP contribution is -2.24. The van der Waals surface area contributed by atoms with Crippen LogP contribution in [0.4, 0.5) is 0 Å². The Morgan fingerprint density at radius 3 is 2.46 bits per heavy atom. The molecule has 7 nitrogen and oxygen atoms in total. The summed E-state index contributed by atoms with van der Waals surface area (Å²) in [6.45, 7) is 4.86. The lowest BCUT2D eigenvalue weighted by atomic mass is 10.1. The maximum Gasteiger partial charge on any atom is 0.277 e. The van der Waals surface area contributed by atoms with Gasteiger partial charge in [-0.3, -0.25) is 4.79 Å². The van der Waals surface area contributed by atoms with E-state index in [9.17, 15) is 4.79 Å². The Bertz CT molecular complexity index is 1270. The van der Waals surface area contributed by atoms with E-state index in [0.29, 0.717) is 35.8 Å². The number of rotatable bonds is 10. The van der Waals surface area contributed by atoms with Crippen molar-refractivity contribution in [3.05, 3.63) is 89.0 Å². The number of carbonyl (C=O) groups is 1. The SMILES string of the molecule is COc1cc(CNC(=O)CSc2nnc(-c3cc(C)cc(C)c3)o2)ccc1OCc1ccccc1. The molecule has 0 spiro atoms. The van der Waals surface area contributed by atoms with Crippen molar-refractivity contribution < 1.29 is 18.7 Å². The van der Waals surface area contributed by atoms with E-state index < -0.39 is 0 Å². The van der Waals surface area contributed by atoms with Crippen LogP contribution in [0.5, 0.6) is 11.5 Å². The fraction of sp³-hybridized carbons (Fsp3) is 0.222. The van der Waals surface area contributed by atoms with Gasteiger partial charge in [0, 0.05) is 12.1 Å². The zero-order chi connectivity index (χ0) is 24.6. The predicted molar refractivity (Wildman–Crippen MR) is 136 cm³/mol. The number of aromatic nitrogens is 2. The smallest absolute Gasteiger partial charge is 0.277 e. The first kappa shape index (κ1) is 24.3. The standard InChI is InChI=1S/C27H27N3O4S/c1-18-11-19(2)13-22(12-18)26-29-30-27(34-26)35-17-25(31)28-15-21-9-10-23(24(14-21)32-3)33-16-20-7-5-4-6-8-20/h4-14H,15-17H2,1-3H3,(H,28,31). The summed E-state index contributed by atoms with van der Waals surface area (Å²) in [5, 5.41) is 11.4. The largest absolute Gasteiger partial charge is 0.493 e. The molecule has 0 saturated heterocycles. The van der Waals surface area contributed by atoms with Crippen molar-refractivity contribution in [2.75, 3.05) is 12.9 Å². The topological polar surface area (TPSA) is 86.5 Å². The second-order valence-electron chi connectivity index (χ2n) is 8.07. The molecule has 1 aromatic heterocycles. The molecular formula is C27H27N3O4S. The number of benzene rings is 3. The van der Waals surface area contributed by atoms with E-state index in [4.69, 9.17) is 13.9 Å². The molecule has 35 heavy (non-hydrogen) atoms. The van der Waals surface area contributed by atoms with E-state index in [1.807, 2.05) is 74.5 Å². The average Bonchev–Trinajstić information content (AvgIpc) is 3.34. The van der Waals surface area contributed by atoms with Crippen molar-refractivity contribution in [1.82, 2.24) is 15.5 Å². The number of aryl methyl sites for hydroxylation is 2. The van der Waals surface area contributed by atoms with Gasteiger partial charge in [0.05, 0.1) is 12.9 Å². The highest BCUT2D eigenvalue weighted by atomic mass is 32.2. The fourth-order valence-electron chi connectivity index (χ4n) is 3.54. The zero-order valence-corrected chi connectivity index (χ0v) is 20.7. The Morgan fingerprint density at radius 1 is 0.943 bits per heavy atom. The summed E-state index contributed by atoms with van der Waals surface area (Å²) in [4.78, 5) is 12.4. The quantitative estimate of drug-likeness (QED) is 0.301. The van der Waals surface area contributed by atoms with Crippen LogP contribution in [-0.4, -0.2) is 29.0 Å². The monoisotopic (exact) mass is 489 g/mol. The summed E-state index contributed by atoms with van der Waals surface area (Å²) in [6.07, 6.45) is 0. The molecule has 0 unspecified atom stereocenters. The van der Waals surface area contributed by atoms with Crippen molar-refractivity contribution in [2.45, 2.75) is 32.2 Å². The lowest BCUT2D eigenvalue weighted by Gasteiger charge is -2.13. The van der Waals surface area contributed by atoms with E-state index in [-0.39, 0.29) is 11.7 Å². The summed E-state index contributed by atoms with van der Waals surface area (Å²) >= 11 is 1.21. The molecule has 4 aromatic rings. The van der Waals surface area contributed by atoms with Crippen molar-refractivity contribution in [2.24, 2.45) is 0 Å². The Labute approximate surface area is 208 Å². The van der Waals surface area contributed by atoms with E-state index in [0.717, 1.165) is 27.8 Å². The van der Waals surface area contributed by atoms with Crippen LogP contribution in [0.15, 0.2) is 76.4 Å². The Hall–Kier alpha value is -3.78. The van der Waals surface area contributed by atoms with Gasteiger partial charge in [-0.05, 0) is 49.2 Å². The Morgan fingerprint density at radius 2 is 1.71 bits per heavy atom. The summed E-state index contributed by atoms with van der Waals surface area (Å²) in [6, 6.07) is 21.6. The minimum Gasteiger partial charge on any atom is -0.493 e. The van der Waals surface area contributed by atoms with Crippen LogP contribution in [0.2, 0.25) is 0 Å². The number of thioether (sulfide) groups is 1. The van der Waals surface area contributed by atoms with Gasteiger partial charge >= 0.3 is 0 Å². The number of hydrogen-bond donors (Lipinski definition) is 1. The van der Waals surface area contributed by atoms with Crippen LogP contribution in [0.1, 0.15) is 22.3 Å². The maximum absolute atomic E-state index is 12.4. The fourth-order valence-corrected chi connectivity index (χ4v) is 4.13. The van der Waals surface area contributed by atoms with Gasteiger partial charge in [-0.1, -0.05) is 65.4 Å². The molecule has 0 aliphatic carbocycles. The molecule has 3 aromatic carbocycles. The lowest BCUT2D eigenvalue weighted by molar-refractivity contribution is -0.118. The van der Waals surface area contributed by atoms with Gasteiger partial charge in [-0.2, -0.15) is 0 Å². The van der Waals surface area contributed by atoms with Crippen LogP contribution in [0.25, 0.3) is 11.5 Å². The summed E-state index contributed by atoms with van der Waals surface area (Å²) in [5.41, 5.74) is 5.10. The summed E-state index contributed by atoms with van der Waals surface area (Å²) < 4.78 is 17.1. The van der Waals surface area contributed by atoms with Crippen molar-refractivity contribution in [1.29, 1.82) is 0 Å². The number of amides is 1. The molecule has 0 fully saturated rings. The molecule has 0 aliphatic rings. The normalized spacial score (nSPS) is 10.7. The molecular weight excluding hydrogens is 462 g/mol. The first-order valence-electron chi connectivity index (χ1n) is 11.2. The van der Waals surface area contributed by atoms with Crippen LogP contribution in [-0.2, 0) is 17.9 Å². The van der Waals surface area contributed by atoms with E-state index in [1.165, 1.54) is 11.8 Å². The number of carbonyl (C=O) groups excluding carboxylic acids is 1. The molecule has 0 saturated carbocycles. The van der Waals surface area contributed by atoms with Crippen molar-refractivity contribution >= 4 is 17.7 Å². The number of nitrogens with one attached hydrogen (secondary N) is 1. The second kappa shape index (κ2) is 11.6. The van der Waals surface area contributed by atoms with Crippen LogP contribution < -0.4 is 14.8 Å². The van der Waals surface area contributed by atoms with Crippen molar-refractivity contribution in [3.8, 4) is 23.0 Å². The van der Waals surface area contributed by atoms with E-state index in [1.54, 1.807) is 7.11 Å². The number of hydrogen-bond acceptors (Lipinski definition) is 7. The third-order valence-electron chi connectivity index (χ3n) is 5.16. The highest BCUT2D eigenvalue weighted by Gasteiger charge is 2.13. The second-order valence-corrected chi connectivity index (χ2v) is 9.00. The third kappa shape index (κ3) is 6.86. The van der Waals surface area contributed by atoms with Gasteiger partial charge in [0.15, 0.2) is 11.5 Å². The average molecular weight is 490 g/mol. The number of methoxy groups -OCH3 is 1. The van der Waals surface area contributed by atoms with Gasteiger partial charge in [0.25, 0.3) is 5.22 Å². The van der Waals surface area contributed by atoms with Gasteiger partial charge in [0.1, 0.15) is 6.61 Å². The van der Waals surface area contributed by atoms with Crippen LogP contribution >= 0.6 is 11.8 Å². The van der Waals surface area contributed by atoms with Crippen LogP contribution in [0.3, 0.4) is 0 Å². The van der Waals surface area contributed by atoms with Crippen LogP contribution in [0, 0.1) is 13.8 Å². The van der Waals surface area contributed by atoms with Gasteiger partial charge in [-0.15, -0.1) is 10.2 Å². The molecule has 1 amide bonds. The molecule has 0 atom stereocenters. The first-order valence-corrected chi connectivity index (χ1v) is 12.1. The molecule has 1 heterocycles. The third-order valence-corrected chi connectivity index (χ3v) is 5.98. The number of nitrogens with zero attached hydrogens (tertiary/aromatic N) is 2. The molecule has 0 radical (unpaired) electrons. The Balaban J connectivity index is 1.27. The predicted octanol–water partition coefficient (Wildman–Crippen LogP) is 5.35.